The number of carbonyl (C=O) groups excluding carboxylic acids is 1. The Morgan fingerprint density at radius 2 is 1.74 bits per heavy atom. The summed E-state index contributed by atoms with van der Waals surface area (Å²) in [6, 6.07) is 16.4. The zero-order chi connectivity index (χ0) is 32.0. The van der Waals surface area contributed by atoms with Crippen LogP contribution in [0.4, 0.5) is 10.1 Å². The van der Waals surface area contributed by atoms with E-state index in [9.17, 15) is 17.6 Å². The predicted octanol–water partition coefficient (Wildman–Crippen LogP) is 5.02. The fraction of sp³-hybridized carbons (Fsp3) is 0.0625. The van der Waals surface area contributed by atoms with Crippen LogP contribution >= 0.6 is 0 Å². The lowest BCUT2D eigenvalue weighted by molar-refractivity contribution is 0.102. The number of H-pyrrole nitrogens is 2. The molecule has 228 valence electrons. The van der Waals surface area contributed by atoms with Crippen LogP contribution in [0.25, 0.3) is 55.8 Å². The first kappa shape index (κ1) is 28.9. The van der Waals surface area contributed by atoms with Crippen LogP contribution in [0.3, 0.4) is 0 Å². The average Bonchev–Trinajstić information content (AvgIpc) is 3.68. The van der Waals surface area contributed by atoms with Gasteiger partial charge in [0.25, 0.3) is 5.91 Å². The summed E-state index contributed by atoms with van der Waals surface area (Å²) in [6.07, 6.45) is 8.96. The Bertz CT molecular complexity index is 2390. The Labute approximate surface area is 260 Å². The number of imidazole rings is 1. The minimum absolute atomic E-state index is 0.113. The minimum atomic E-state index is -3.67. The number of sulfone groups is 1. The predicted molar refractivity (Wildman–Crippen MR) is 172 cm³/mol. The van der Waals surface area contributed by atoms with E-state index in [1.165, 1.54) is 18.3 Å². The van der Waals surface area contributed by atoms with E-state index in [1.807, 2.05) is 12.1 Å². The summed E-state index contributed by atoms with van der Waals surface area (Å²) in [6.45, 7) is 0. The van der Waals surface area contributed by atoms with E-state index in [0.29, 0.717) is 67.1 Å². The molecule has 0 bridgehead atoms. The van der Waals surface area contributed by atoms with Gasteiger partial charge in [0.15, 0.2) is 15.7 Å². The van der Waals surface area contributed by atoms with Gasteiger partial charge in [0.05, 0.1) is 46.5 Å². The molecule has 0 aliphatic rings. The highest BCUT2D eigenvalue weighted by Gasteiger charge is 2.21. The Kier molecular flexibility index (Phi) is 7.06. The molecule has 7 rings (SSSR count). The Morgan fingerprint density at radius 1 is 0.935 bits per heavy atom. The van der Waals surface area contributed by atoms with E-state index < -0.39 is 21.0 Å². The van der Waals surface area contributed by atoms with Crippen LogP contribution in [-0.2, 0) is 9.84 Å². The molecule has 5 heterocycles. The summed E-state index contributed by atoms with van der Waals surface area (Å²) in [5, 5.41) is 9.63. The quantitative estimate of drug-likeness (QED) is 0.187. The zero-order valence-electron chi connectivity index (χ0n) is 24.1. The standard InChI is InChI=1S/C32H24FN9O3S/c1-46(44,45)30(34)19-7-18(8-21(33)9-19)24-14-36-15-27-28(24)40-31(39-27)29-23-11-25(37-16-26(23)41-42-29)20-10-22(13-35-12-20)38-32(43)17-5-3-2-4-6-17/h2-16,30H,34H2,1H3,(H,38,43)(H,39,40)(H,41,42). The van der Waals surface area contributed by atoms with Crippen LogP contribution in [0.5, 0.6) is 0 Å². The van der Waals surface area contributed by atoms with Crippen molar-refractivity contribution in [1.82, 2.24) is 35.1 Å². The zero-order valence-corrected chi connectivity index (χ0v) is 24.9. The number of aromatic amines is 2. The van der Waals surface area contributed by atoms with Crippen molar-refractivity contribution in [2.45, 2.75) is 5.37 Å². The highest BCUT2D eigenvalue weighted by atomic mass is 32.2. The molecule has 1 amide bonds. The van der Waals surface area contributed by atoms with E-state index in [1.54, 1.807) is 55.1 Å². The van der Waals surface area contributed by atoms with E-state index in [2.05, 4.69) is 35.5 Å². The van der Waals surface area contributed by atoms with Crippen LogP contribution in [-0.4, -0.2) is 55.7 Å². The number of hydrogen-bond donors (Lipinski definition) is 4. The van der Waals surface area contributed by atoms with E-state index in [-0.39, 0.29) is 11.5 Å². The second kappa shape index (κ2) is 11.3. The van der Waals surface area contributed by atoms with Crippen LogP contribution in [0.2, 0.25) is 0 Å². The number of nitrogens with one attached hydrogen (secondary N) is 3. The number of halogens is 1. The molecule has 14 heteroatoms. The summed E-state index contributed by atoms with van der Waals surface area (Å²) >= 11 is 0. The van der Waals surface area contributed by atoms with Gasteiger partial charge in [-0.3, -0.25) is 24.8 Å². The molecule has 7 aromatic rings. The number of pyridine rings is 3. The first-order valence-electron chi connectivity index (χ1n) is 13.9. The normalized spacial score (nSPS) is 12.4. The lowest BCUT2D eigenvalue weighted by Gasteiger charge is -2.12. The maximum absolute atomic E-state index is 14.7. The van der Waals surface area contributed by atoms with Crippen LogP contribution in [0.15, 0.2) is 91.6 Å². The summed E-state index contributed by atoms with van der Waals surface area (Å²) < 4.78 is 38.8. The van der Waals surface area contributed by atoms with Crippen molar-refractivity contribution in [3.05, 3.63) is 109 Å². The van der Waals surface area contributed by atoms with Crippen LogP contribution < -0.4 is 11.1 Å². The maximum Gasteiger partial charge on any atom is 0.255 e. The number of hydrogen-bond acceptors (Lipinski definition) is 9. The fourth-order valence-corrected chi connectivity index (χ4v) is 5.76. The number of rotatable bonds is 7. The smallest absolute Gasteiger partial charge is 0.255 e. The number of carbonyl (C=O) groups is 1. The van der Waals surface area contributed by atoms with Gasteiger partial charge in [-0.05, 0) is 53.6 Å². The fourth-order valence-electron chi connectivity index (χ4n) is 5.13. The molecule has 46 heavy (non-hydrogen) atoms. The number of aromatic nitrogens is 7. The van der Waals surface area contributed by atoms with Crippen LogP contribution in [0, 0.1) is 5.82 Å². The lowest BCUT2D eigenvalue weighted by Crippen LogP contribution is -2.20. The van der Waals surface area contributed by atoms with E-state index >= 15 is 0 Å². The van der Waals surface area contributed by atoms with Gasteiger partial charge in [-0.2, -0.15) is 5.10 Å². The lowest BCUT2D eigenvalue weighted by atomic mass is 10.0. The van der Waals surface area contributed by atoms with E-state index in [0.717, 1.165) is 12.3 Å². The topological polar surface area (TPSA) is 185 Å². The van der Waals surface area contributed by atoms with Crippen molar-refractivity contribution in [3.63, 3.8) is 0 Å². The van der Waals surface area contributed by atoms with E-state index in [4.69, 9.17) is 10.7 Å². The third-order valence-electron chi connectivity index (χ3n) is 7.41. The van der Waals surface area contributed by atoms with Gasteiger partial charge < -0.3 is 16.0 Å². The van der Waals surface area contributed by atoms with Crippen molar-refractivity contribution in [3.8, 4) is 33.9 Å². The van der Waals surface area contributed by atoms with Gasteiger partial charge >= 0.3 is 0 Å². The molecule has 2 aromatic carbocycles. The molecule has 0 saturated carbocycles. The summed E-state index contributed by atoms with van der Waals surface area (Å²) in [5.41, 5.74) is 11.3. The Hall–Kier alpha value is -5.86. The average molecular weight is 634 g/mol. The number of nitrogens with zero attached hydrogens (tertiary/aromatic N) is 5. The van der Waals surface area contributed by atoms with Crippen molar-refractivity contribution >= 4 is 43.4 Å². The minimum Gasteiger partial charge on any atom is -0.335 e. The van der Waals surface area contributed by atoms with Crippen molar-refractivity contribution in [2.24, 2.45) is 5.73 Å². The molecule has 0 spiro atoms. The Balaban J connectivity index is 1.25. The van der Waals surface area contributed by atoms with Gasteiger partial charge in [0.1, 0.15) is 16.9 Å². The molecule has 5 N–H and O–H groups in total. The highest BCUT2D eigenvalue weighted by molar-refractivity contribution is 7.90. The molecule has 0 aliphatic heterocycles. The third-order valence-corrected chi connectivity index (χ3v) is 8.61. The third kappa shape index (κ3) is 5.46. The van der Waals surface area contributed by atoms with Gasteiger partial charge in [-0.15, -0.1) is 0 Å². The van der Waals surface area contributed by atoms with Gasteiger partial charge in [-0.25, -0.2) is 17.8 Å². The maximum atomic E-state index is 14.7. The molecule has 0 aliphatic carbocycles. The molecule has 1 unspecified atom stereocenters. The molecular weight excluding hydrogens is 609 g/mol. The molecule has 12 nitrogen and oxygen atoms in total. The number of fused-ring (bicyclic) bond motifs is 2. The SMILES string of the molecule is CS(=O)(=O)C(N)c1cc(F)cc(-c2cncc3[nH]c(-c4n[nH]c5cnc(-c6cncc(NC(=O)c7ccccc7)c6)cc45)nc23)c1. The number of anilines is 1. The molecule has 5 aromatic heterocycles. The van der Waals surface area contributed by atoms with Gasteiger partial charge in [0, 0.05) is 40.7 Å². The molecule has 1 atom stereocenters. The first-order chi connectivity index (χ1) is 22.1. The summed E-state index contributed by atoms with van der Waals surface area (Å²) in [7, 11) is -3.67. The molecule has 0 saturated heterocycles. The summed E-state index contributed by atoms with van der Waals surface area (Å²) in [4.78, 5) is 33.8. The number of nitrogens with two attached hydrogens (primary N) is 1. The van der Waals surface area contributed by atoms with Crippen LogP contribution in [0.1, 0.15) is 21.3 Å². The number of amides is 1. The van der Waals surface area contributed by atoms with Crippen molar-refractivity contribution < 1.29 is 17.6 Å². The van der Waals surface area contributed by atoms with Crippen molar-refractivity contribution in [2.75, 3.05) is 11.6 Å². The molecule has 0 fully saturated rings. The Morgan fingerprint density at radius 3 is 2.54 bits per heavy atom. The molecular formula is C32H24FN9O3S. The first-order valence-corrected chi connectivity index (χ1v) is 15.8. The summed E-state index contributed by atoms with van der Waals surface area (Å²) in [5.74, 6) is -0.485. The monoisotopic (exact) mass is 633 g/mol. The van der Waals surface area contributed by atoms with Crippen molar-refractivity contribution in [1.29, 1.82) is 0 Å². The molecule has 0 radical (unpaired) electrons. The van der Waals surface area contributed by atoms with Gasteiger partial charge in [0.2, 0.25) is 0 Å². The van der Waals surface area contributed by atoms with Gasteiger partial charge in [-0.1, -0.05) is 18.2 Å². The largest absolute Gasteiger partial charge is 0.335 e. The highest BCUT2D eigenvalue weighted by Crippen LogP contribution is 2.34. The number of benzene rings is 2. The second-order valence-corrected chi connectivity index (χ2v) is 12.8. The second-order valence-electron chi connectivity index (χ2n) is 10.7.